The van der Waals surface area contributed by atoms with Gasteiger partial charge in [0.15, 0.2) is 0 Å². The molecule has 1 aliphatic rings. The summed E-state index contributed by atoms with van der Waals surface area (Å²) < 4.78 is 22.4. The topological polar surface area (TPSA) is 98.6 Å². The zero-order chi connectivity index (χ0) is 23.8. The molecule has 0 amide bonds. The molecule has 0 aromatic carbocycles. The number of esters is 1. The van der Waals surface area contributed by atoms with Crippen LogP contribution in [0.2, 0.25) is 0 Å². The largest absolute Gasteiger partial charge is 0.460 e. The molecule has 8 nitrogen and oxygen atoms in total. The predicted octanol–water partition coefficient (Wildman–Crippen LogP) is 2.80. The second-order valence-electron chi connectivity index (χ2n) is 8.06. The number of carbonyl (C=O) groups is 1. The highest BCUT2D eigenvalue weighted by Crippen LogP contribution is 2.24. The van der Waals surface area contributed by atoms with E-state index in [-0.39, 0.29) is 44.0 Å². The molecule has 0 fully saturated rings. The van der Waals surface area contributed by atoms with Crippen molar-refractivity contribution in [2.75, 3.05) is 46.1 Å². The maximum atomic E-state index is 12.7. The maximum absolute atomic E-state index is 12.7. The number of aliphatic hydroxyl groups excluding tert-OH is 1. The van der Waals surface area contributed by atoms with Crippen LogP contribution in [0.3, 0.4) is 0 Å². The number of ether oxygens (including phenoxy) is 4. The second kappa shape index (κ2) is 16.8. The summed E-state index contributed by atoms with van der Waals surface area (Å²) in [7, 11) is 0. The van der Waals surface area contributed by atoms with Gasteiger partial charge in [-0.2, -0.15) is 0 Å². The van der Waals surface area contributed by atoms with Gasteiger partial charge in [0.05, 0.1) is 43.6 Å². The Labute approximate surface area is 193 Å². The van der Waals surface area contributed by atoms with Gasteiger partial charge in [0, 0.05) is 25.5 Å². The molecule has 184 valence electrons. The lowest BCUT2D eigenvalue weighted by Crippen LogP contribution is -2.27. The Morgan fingerprint density at radius 3 is 2.41 bits per heavy atom. The minimum Gasteiger partial charge on any atom is -0.460 e. The Bertz CT molecular complexity index is 620. The summed E-state index contributed by atoms with van der Waals surface area (Å²) in [4.78, 5) is 16.7. The summed E-state index contributed by atoms with van der Waals surface area (Å²) in [6.45, 7) is 14.1. The summed E-state index contributed by atoms with van der Waals surface area (Å²) in [5, 5.41) is 12.3. The van der Waals surface area contributed by atoms with Gasteiger partial charge in [0.1, 0.15) is 6.61 Å². The minimum absolute atomic E-state index is 0.0463. The van der Waals surface area contributed by atoms with Crippen LogP contribution >= 0.6 is 0 Å². The first-order valence-electron chi connectivity index (χ1n) is 11.6. The minimum atomic E-state index is -0.384. The number of hydrogen-bond donors (Lipinski definition) is 2. The van der Waals surface area contributed by atoms with Crippen molar-refractivity contribution in [1.82, 2.24) is 5.32 Å². The maximum Gasteiger partial charge on any atom is 0.336 e. The highest BCUT2D eigenvalue weighted by atomic mass is 16.6. The van der Waals surface area contributed by atoms with Crippen LogP contribution in [-0.4, -0.2) is 82.2 Å². The van der Waals surface area contributed by atoms with Crippen LogP contribution in [0.15, 0.2) is 27.9 Å². The summed E-state index contributed by atoms with van der Waals surface area (Å²) in [6, 6.07) is 0. The molecule has 3 unspecified atom stereocenters. The normalized spacial score (nSPS) is 18.3. The number of nitrogens with one attached hydrogen (secondary N) is 1. The molecule has 0 heterocycles. The number of allylic oxidation sites excluding steroid dienone is 3. The van der Waals surface area contributed by atoms with Gasteiger partial charge in [0.2, 0.25) is 0 Å². The molecule has 1 rings (SSSR count). The number of aliphatic imine (C=N–C) groups is 1. The van der Waals surface area contributed by atoms with Crippen molar-refractivity contribution in [3.8, 4) is 0 Å². The zero-order valence-electron chi connectivity index (χ0n) is 20.2. The number of carbonyl (C=O) groups excluding carboxylic acids is 1. The SMILES string of the molecule is C=NC/C(C(=O)OCC(C)OCC(C)OCC(C)OCC)=C1/C=C(NCCCO)CCC1. The average Bonchev–Trinajstić information content (AvgIpc) is 2.78. The van der Waals surface area contributed by atoms with E-state index in [1.165, 1.54) is 0 Å². The molecule has 1 aliphatic carbocycles. The van der Waals surface area contributed by atoms with E-state index in [1.54, 1.807) is 0 Å². The molecule has 0 aliphatic heterocycles. The third-order valence-electron chi connectivity index (χ3n) is 4.96. The zero-order valence-corrected chi connectivity index (χ0v) is 20.2. The fourth-order valence-corrected chi connectivity index (χ4v) is 3.25. The van der Waals surface area contributed by atoms with E-state index >= 15 is 0 Å². The van der Waals surface area contributed by atoms with E-state index in [9.17, 15) is 4.79 Å². The molecule has 0 saturated carbocycles. The van der Waals surface area contributed by atoms with Crippen LogP contribution in [0.1, 0.15) is 53.4 Å². The summed E-state index contributed by atoms with van der Waals surface area (Å²) in [6.07, 6.45) is 5.07. The van der Waals surface area contributed by atoms with E-state index in [4.69, 9.17) is 24.1 Å². The number of rotatable bonds is 17. The third kappa shape index (κ3) is 11.8. The standard InChI is InChI=1S/C24H42N2O6/c1-6-29-18(2)15-30-19(3)16-31-20(4)17-32-24(28)23(14-25-5)21-9-7-10-22(13-21)26-11-8-12-27/h13,18-20,26-27H,5-12,14-17H2,1-4H3/b23-21-. The molecule has 3 atom stereocenters. The molecule has 32 heavy (non-hydrogen) atoms. The van der Waals surface area contributed by atoms with E-state index in [0.717, 1.165) is 30.5 Å². The highest BCUT2D eigenvalue weighted by Gasteiger charge is 2.20. The highest BCUT2D eigenvalue weighted by molar-refractivity contribution is 5.90. The molecule has 0 spiro atoms. The third-order valence-corrected chi connectivity index (χ3v) is 4.96. The van der Waals surface area contributed by atoms with Crippen molar-refractivity contribution in [3.63, 3.8) is 0 Å². The van der Waals surface area contributed by atoms with Crippen molar-refractivity contribution in [1.29, 1.82) is 0 Å². The van der Waals surface area contributed by atoms with Crippen molar-refractivity contribution >= 4 is 12.7 Å². The van der Waals surface area contributed by atoms with E-state index in [1.807, 2.05) is 33.8 Å². The van der Waals surface area contributed by atoms with Gasteiger partial charge in [-0.05, 0) is 71.7 Å². The summed E-state index contributed by atoms with van der Waals surface area (Å²) in [5.41, 5.74) is 2.53. The monoisotopic (exact) mass is 454 g/mol. The Morgan fingerprint density at radius 1 is 1.12 bits per heavy atom. The van der Waals surface area contributed by atoms with Crippen molar-refractivity contribution in [2.45, 2.75) is 71.7 Å². The molecule has 0 aromatic heterocycles. The summed E-state index contributed by atoms with van der Waals surface area (Å²) in [5.74, 6) is -0.384. The smallest absolute Gasteiger partial charge is 0.336 e. The molecular formula is C24H42N2O6. The van der Waals surface area contributed by atoms with Crippen molar-refractivity contribution in [2.24, 2.45) is 4.99 Å². The summed E-state index contributed by atoms with van der Waals surface area (Å²) >= 11 is 0. The Hall–Kier alpha value is -1.74. The number of nitrogens with zero attached hydrogens (tertiary/aromatic N) is 1. The van der Waals surface area contributed by atoms with Crippen LogP contribution in [0.4, 0.5) is 0 Å². The fraction of sp³-hybridized carbons (Fsp3) is 0.750. The molecular weight excluding hydrogens is 412 g/mol. The molecule has 0 bridgehead atoms. The van der Waals surface area contributed by atoms with Crippen LogP contribution in [-0.2, 0) is 23.7 Å². The lowest BCUT2D eigenvalue weighted by Gasteiger charge is -2.21. The predicted molar refractivity (Wildman–Crippen MR) is 126 cm³/mol. The van der Waals surface area contributed by atoms with Gasteiger partial charge in [0.25, 0.3) is 0 Å². The Balaban J connectivity index is 2.53. The van der Waals surface area contributed by atoms with Crippen LogP contribution < -0.4 is 5.32 Å². The molecule has 0 radical (unpaired) electrons. The van der Waals surface area contributed by atoms with Gasteiger partial charge in [-0.3, -0.25) is 4.99 Å². The van der Waals surface area contributed by atoms with Gasteiger partial charge < -0.3 is 29.4 Å². The Morgan fingerprint density at radius 2 is 1.78 bits per heavy atom. The molecule has 8 heteroatoms. The van der Waals surface area contributed by atoms with E-state index < -0.39 is 0 Å². The lowest BCUT2D eigenvalue weighted by atomic mass is 9.94. The first-order chi connectivity index (χ1) is 15.4. The van der Waals surface area contributed by atoms with Crippen LogP contribution in [0.25, 0.3) is 0 Å². The van der Waals surface area contributed by atoms with Crippen LogP contribution in [0, 0.1) is 0 Å². The van der Waals surface area contributed by atoms with Gasteiger partial charge in [-0.1, -0.05) is 0 Å². The fourth-order valence-electron chi connectivity index (χ4n) is 3.25. The van der Waals surface area contributed by atoms with Gasteiger partial charge in [-0.25, -0.2) is 4.79 Å². The molecule has 0 saturated heterocycles. The lowest BCUT2D eigenvalue weighted by molar-refractivity contribution is -0.144. The quantitative estimate of drug-likeness (QED) is 0.151. The number of hydrogen-bond acceptors (Lipinski definition) is 8. The van der Waals surface area contributed by atoms with E-state index in [0.29, 0.717) is 38.4 Å². The molecule has 2 N–H and O–H groups in total. The molecule has 0 aromatic rings. The first kappa shape index (κ1) is 28.3. The second-order valence-corrected chi connectivity index (χ2v) is 8.06. The van der Waals surface area contributed by atoms with Crippen molar-refractivity contribution in [3.05, 3.63) is 22.9 Å². The van der Waals surface area contributed by atoms with Crippen LogP contribution in [0.5, 0.6) is 0 Å². The first-order valence-corrected chi connectivity index (χ1v) is 11.6. The van der Waals surface area contributed by atoms with Gasteiger partial charge >= 0.3 is 5.97 Å². The average molecular weight is 455 g/mol. The Kier molecular flexibility index (Phi) is 14.9. The van der Waals surface area contributed by atoms with Crippen molar-refractivity contribution < 1.29 is 28.8 Å². The number of aliphatic hydroxyl groups is 1. The van der Waals surface area contributed by atoms with Gasteiger partial charge in [-0.15, -0.1) is 0 Å². The van der Waals surface area contributed by atoms with E-state index in [2.05, 4.69) is 17.0 Å².